The second-order valence-corrected chi connectivity index (χ2v) is 10.4. The highest BCUT2D eigenvalue weighted by molar-refractivity contribution is 7.18. The molecule has 29 heavy (non-hydrogen) atoms. The quantitative estimate of drug-likeness (QED) is 0.676. The van der Waals surface area contributed by atoms with Crippen LogP contribution in [0, 0.1) is 16.7 Å². The molecular weight excluding hydrogens is 382 g/mol. The van der Waals surface area contributed by atoms with Crippen LogP contribution in [0.1, 0.15) is 46.0 Å². The number of nitrogens with one attached hydrogen (secondary N) is 1. The van der Waals surface area contributed by atoms with Gasteiger partial charge >= 0.3 is 0 Å². The summed E-state index contributed by atoms with van der Waals surface area (Å²) in [7, 11) is 2.16. The molecule has 7 heteroatoms. The summed E-state index contributed by atoms with van der Waals surface area (Å²) in [6.45, 7) is 8.62. The summed E-state index contributed by atoms with van der Waals surface area (Å²) >= 11 is 1.53. The highest BCUT2D eigenvalue weighted by Crippen LogP contribution is 2.49. The molecule has 6 rings (SSSR count). The Bertz CT molecular complexity index is 1250. The van der Waals surface area contributed by atoms with Gasteiger partial charge in [-0.2, -0.15) is 5.26 Å². The molecule has 1 aromatic carbocycles. The van der Waals surface area contributed by atoms with Gasteiger partial charge < -0.3 is 14.8 Å². The van der Waals surface area contributed by atoms with Crippen LogP contribution >= 0.6 is 11.3 Å². The Kier molecular flexibility index (Phi) is 3.12. The van der Waals surface area contributed by atoms with E-state index < -0.39 is 5.41 Å². The van der Waals surface area contributed by atoms with Gasteiger partial charge in [-0.25, -0.2) is 4.98 Å². The van der Waals surface area contributed by atoms with E-state index in [1.54, 1.807) is 6.07 Å². The SMILES string of the molecule is CN1CC2(C1)CN(c1nc3c(s1)C(=O)c1c([nH]c4cc(C#N)ccc14)C3(C)C)C2. The maximum Gasteiger partial charge on any atom is 0.207 e. The van der Waals surface area contributed by atoms with Crippen molar-refractivity contribution in [2.75, 3.05) is 38.1 Å². The average molecular weight is 404 g/mol. The fraction of sp³-hybridized carbons (Fsp3) is 0.409. The van der Waals surface area contributed by atoms with Crippen LogP contribution in [-0.4, -0.2) is 53.9 Å². The van der Waals surface area contributed by atoms with Crippen molar-refractivity contribution in [1.29, 1.82) is 5.26 Å². The van der Waals surface area contributed by atoms with Crippen LogP contribution in [0.25, 0.3) is 10.9 Å². The van der Waals surface area contributed by atoms with Crippen molar-refractivity contribution in [3.63, 3.8) is 0 Å². The Morgan fingerprint density at radius 1 is 1.24 bits per heavy atom. The van der Waals surface area contributed by atoms with Gasteiger partial charge in [0.1, 0.15) is 4.88 Å². The van der Waals surface area contributed by atoms with Gasteiger partial charge in [-0.15, -0.1) is 0 Å². The normalized spacial score (nSPS) is 21.4. The molecule has 1 N–H and O–H groups in total. The van der Waals surface area contributed by atoms with Crippen LogP contribution < -0.4 is 4.90 Å². The molecule has 1 spiro atoms. The predicted molar refractivity (Wildman–Crippen MR) is 113 cm³/mol. The molecule has 2 aliphatic heterocycles. The summed E-state index contributed by atoms with van der Waals surface area (Å²) in [5.74, 6) is 0.0487. The lowest BCUT2D eigenvalue weighted by molar-refractivity contribution is -0.00242. The minimum absolute atomic E-state index is 0.0487. The van der Waals surface area contributed by atoms with E-state index in [9.17, 15) is 10.1 Å². The lowest BCUT2D eigenvalue weighted by Gasteiger charge is -2.59. The van der Waals surface area contributed by atoms with Gasteiger partial charge in [0.2, 0.25) is 5.78 Å². The molecule has 1 aliphatic carbocycles. The topological polar surface area (TPSA) is 76.0 Å². The van der Waals surface area contributed by atoms with Crippen molar-refractivity contribution < 1.29 is 4.79 Å². The van der Waals surface area contributed by atoms with E-state index in [0.29, 0.717) is 11.0 Å². The Hall–Kier alpha value is -2.69. The van der Waals surface area contributed by atoms with Gasteiger partial charge in [0.05, 0.1) is 22.9 Å². The zero-order chi connectivity index (χ0) is 20.1. The van der Waals surface area contributed by atoms with Crippen molar-refractivity contribution in [3.8, 4) is 6.07 Å². The molecule has 0 amide bonds. The summed E-state index contributed by atoms with van der Waals surface area (Å²) in [6.07, 6.45) is 0. The molecule has 0 saturated carbocycles. The number of anilines is 1. The summed E-state index contributed by atoms with van der Waals surface area (Å²) in [5.41, 5.74) is 3.97. The van der Waals surface area contributed by atoms with Crippen LogP contribution in [-0.2, 0) is 5.41 Å². The number of H-pyrrole nitrogens is 1. The fourth-order valence-corrected chi connectivity index (χ4v) is 6.59. The lowest BCUT2D eigenvalue weighted by atomic mass is 9.73. The summed E-state index contributed by atoms with van der Waals surface area (Å²) in [6, 6.07) is 7.65. The molecule has 3 aromatic rings. The number of likely N-dealkylation sites (tertiary alicyclic amines) is 1. The van der Waals surface area contributed by atoms with Gasteiger partial charge in [0.25, 0.3) is 0 Å². The minimum atomic E-state index is -0.390. The first-order valence-electron chi connectivity index (χ1n) is 9.87. The highest BCUT2D eigenvalue weighted by Gasteiger charge is 2.52. The van der Waals surface area contributed by atoms with Crippen molar-refractivity contribution in [3.05, 3.63) is 45.6 Å². The number of nitriles is 1. The first-order valence-corrected chi connectivity index (χ1v) is 10.7. The third-order valence-electron chi connectivity index (χ3n) is 6.73. The lowest BCUT2D eigenvalue weighted by Crippen LogP contribution is -2.71. The third kappa shape index (κ3) is 2.13. The standard InChI is InChI=1S/C22H21N5OS/c1-21(2)18-15(13-5-4-12(7-23)6-14(13)24-18)16(28)17-19(21)25-20(29-17)27-10-22(11-27)8-26(3)9-22/h4-6,24H,8-11H2,1-3H3. The summed E-state index contributed by atoms with van der Waals surface area (Å²) in [5, 5.41) is 11.1. The Morgan fingerprint density at radius 3 is 2.69 bits per heavy atom. The van der Waals surface area contributed by atoms with E-state index in [1.807, 2.05) is 12.1 Å². The molecule has 2 saturated heterocycles. The Labute approximate surface area is 172 Å². The van der Waals surface area contributed by atoms with Crippen molar-refractivity contribution in [2.24, 2.45) is 5.41 Å². The number of nitrogens with zero attached hydrogens (tertiary/aromatic N) is 4. The van der Waals surface area contributed by atoms with E-state index in [1.165, 1.54) is 11.3 Å². The van der Waals surface area contributed by atoms with Crippen LogP contribution in [0.2, 0.25) is 0 Å². The number of hydrogen-bond donors (Lipinski definition) is 1. The molecular formula is C22H21N5OS. The van der Waals surface area contributed by atoms with E-state index in [4.69, 9.17) is 4.98 Å². The zero-order valence-corrected chi connectivity index (χ0v) is 17.5. The van der Waals surface area contributed by atoms with Crippen LogP contribution in [0.4, 0.5) is 5.13 Å². The second-order valence-electron chi connectivity index (χ2n) is 9.40. The number of carbonyl (C=O) groups excluding carboxylic acids is 1. The molecule has 6 nitrogen and oxygen atoms in total. The predicted octanol–water partition coefficient (Wildman–Crippen LogP) is 3.12. The molecule has 146 valence electrons. The largest absolute Gasteiger partial charge is 0.357 e. The van der Waals surface area contributed by atoms with Gasteiger partial charge in [-0.05, 0) is 33.0 Å². The van der Waals surface area contributed by atoms with Crippen LogP contribution in [0.5, 0.6) is 0 Å². The average Bonchev–Trinajstić information content (AvgIpc) is 3.24. The van der Waals surface area contributed by atoms with E-state index in [-0.39, 0.29) is 5.78 Å². The number of thiazole rings is 1. The first kappa shape index (κ1) is 17.2. The van der Waals surface area contributed by atoms with E-state index in [0.717, 1.165) is 64.0 Å². The number of aromatic nitrogens is 2. The number of ketones is 1. The summed E-state index contributed by atoms with van der Waals surface area (Å²) < 4.78 is 0. The number of fused-ring (bicyclic) bond motifs is 4. The minimum Gasteiger partial charge on any atom is -0.357 e. The third-order valence-corrected chi connectivity index (χ3v) is 7.84. The van der Waals surface area contributed by atoms with Gasteiger partial charge in [0, 0.05) is 53.6 Å². The van der Waals surface area contributed by atoms with Crippen LogP contribution in [0.15, 0.2) is 18.2 Å². The Morgan fingerprint density at radius 2 is 2.00 bits per heavy atom. The van der Waals surface area contributed by atoms with E-state index in [2.05, 4.69) is 41.7 Å². The monoisotopic (exact) mass is 403 g/mol. The number of carbonyl (C=O) groups is 1. The molecule has 4 heterocycles. The maximum atomic E-state index is 13.5. The zero-order valence-electron chi connectivity index (χ0n) is 16.7. The van der Waals surface area contributed by atoms with Gasteiger partial charge in [-0.3, -0.25) is 4.79 Å². The maximum absolute atomic E-state index is 13.5. The molecule has 0 radical (unpaired) electrons. The highest BCUT2D eigenvalue weighted by atomic mass is 32.1. The van der Waals surface area contributed by atoms with Gasteiger partial charge in [0.15, 0.2) is 5.13 Å². The molecule has 2 aromatic heterocycles. The Balaban J connectivity index is 1.42. The second kappa shape index (κ2) is 5.26. The van der Waals surface area contributed by atoms with Crippen LogP contribution in [0.3, 0.4) is 0 Å². The van der Waals surface area contributed by atoms with Crippen molar-refractivity contribution in [1.82, 2.24) is 14.9 Å². The number of benzene rings is 1. The molecule has 0 unspecified atom stereocenters. The first-order chi connectivity index (χ1) is 13.8. The summed E-state index contributed by atoms with van der Waals surface area (Å²) in [4.78, 5) is 27.3. The molecule has 0 atom stereocenters. The van der Waals surface area contributed by atoms with E-state index >= 15 is 0 Å². The molecule has 2 fully saturated rings. The smallest absolute Gasteiger partial charge is 0.207 e. The molecule has 3 aliphatic rings. The molecule has 0 bridgehead atoms. The van der Waals surface area contributed by atoms with Crippen molar-refractivity contribution >= 4 is 33.2 Å². The fourth-order valence-electron chi connectivity index (χ4n) is 5.42. The number of aromatic amines is 1. The van der Waals surface area contributed by atoms with Crippen molar-refractivity contribution in [2.45, 2.75) is 19.3 Å². The van der Waals surface area contributed by atoms with Gasteiger partial charge in [-0.1, -0.05) is 17.4 Å². The number of hydrogen-bond acceptors (Lipinski definition) is 6. The number of rotatable bonds is 1.